The van der Waals surface area contributed by atoms with Crippen molar-refractivity contribution in [2.45, 2.75) is 77.4 Å². The number of urea groups is 1. The number of carbonyl (C=O) groups is 3. The van der Waals surface area contributed by atoms with Crippen LogP contribution in [0.25, 0.3) is 0 Å². The molecule has 0 aliphatic rings. The van der Waals surface area contributed by atoms with Gasteiger partial charge in [0.2, 0.25) is 5.91 Å². The second-order valence-electron chi connectivity index (χ2n) is 12.4. The highest BCUT2D eigenvalue weighted by Gasteiger charge is 2.31. The minimum Gasteiger partial charge on any atom is -0.445 e. The van der Waals surface area contributed by atoms with Crippen LogP contribution in [0.5, 0.6) is 0 Å². The van der Waals surface area contributed by atoms with E-state index in [4.69, 9.17) is 4.74 Å². The van der Waals surface area contributed by atoms with E-state index in [-0.39, 0.29) is 25.5 Å². The summed E-state index contributed by atoms with van der Waals surface area (Å²) in [5.41, 5.74) is 4.16. The quantitative estimate of drug-likeness (QED) is 0.117. The van der Waals surface area contributed by atoms with Crippen molar-refractivity contribution in [1.82, 2.24) is 31.2 Å². The molecule has 2 aromatic carbocycles. The van der Waals surface area contributed by atoms with Crippen LogP contribution in [0.15, 0.2) is 103 Å². The molecule has 0 radical (unpaired) electrons. The number of hydrogen-bond acceptors (Lipinski definition) is 7. The Morgan fingerprint density at radius 3 is 2.10 bits per heavy atom. The van der Waals surface area contributed by atoms with Gasteiger partial charge in [-0.25, -0.2) is 9.59 Å². The number of carbonyl (C=O) groups excluding carboxylic acids is 3. The Morgan fingerprint density at radius 1 is 0.796 bits per heavy atom. The van der Waals surface area contributed by atoms with Gasteiger partial charge in [0.15, 0.2) is 0 Å². The average Bonchev–Trinajstić information content (AvgIpc) is 3.09. The molecular weight excluding hydrogens is 620 g/mol. The van der Waals surface area contributed by atoms with E-state index in [2.05, 4.69) is 31.2 Å². The molecule has 4 aromatic rings. The molecule has 49 heavy (non-hydrogen) atoms. The number of rotatable bonds is 16. The second kappa shape index (κ2) is 18.9. The van der Waals surface area contributed by atoms with E-state index in [0.717, 1.165) is 22.4 Å². The maximum Gasteiger partial charge on any atom is 0.407 e. The van der Waals surface area contributed by atoms with Gasteiger partial charge >= 0.3 is 12.1 Å². The van der Waals surface area contributed by atoms with Crippen LogP contribution < -0.4 is 21.3 Å². The molecule has 4 amide bonds. The lowest BCUT2D eigenvalue weighted by molar-refractivity contribution is -0.125. The number of aryl methyl sites for hydroxylation is 1. The van der Waals surface area contributed by atoms with Crippen LogP contribution in [-0.4, -0.2) is 57.3 Å². The van der Waals surface area contributed by atoms with Crippen molar-refractivity contribution in [3.63, 3.8) is 0 Å². The normalized spacial score (nSPS) is 13.4. The number of aromatic nitrogens is 2. The third kappa shape index (κ3) is 12.7. The predicted molar refractivity (Wildman–Crippen MR) is 187 cm³/mol. The zero-order valence-corrected chi connectivity index (χ0v) is 28.2. The summed E-state index contributed by atoms with van der Waals surface area (Å²) in [6.45, 7) is 5.80. The Labute approximate surface area is 287 Å². The second-order valence-corrected chi connectivity index (χ2v) is 12.4. The fourth-order valence-electron chi connectivity index (χ4n) is 5.41. The molecule has 11 heteroatoms. The van der Waals surface area contributed by atoms with Crippen LogP contribution in [-0.2, 0) is 35.5 Å². The van der Waals surface area contributed by atoms with Crippen LogP contribution in [0, 0.1) is 12.8 Å². The lowest BCUT2D eigenvalue weighted by atomic mass is 9.93. The minimum atomic E-state index is -1.06. The van der Waals surface area contributed by atoms with Gasteiger partial charge in [0.25, 0.3) is 0 Å². The summed E-state index contributed by atoms with van der Waals surface area (Å²) in [4.78, 5) is 48.0. The van der Waals surface area contributed by atoms with Gasteiger partial charge in [-0.2, -0.15) is 0 Å². The van der Waals surface area contributed by atoms with Gasteiger partial charge in [-0.3, -0.25) is 14.8 Å². The molecule has 0 spiro atoms. The molecule has 4 rings (SSSR count). The molecule has 4 atom stereocenters. The molecule has 0 bridgehead atoms. The van der Waals surface area contributed by atoms with Crippen molar-refractivity contribution < 1.29 is 24.2 Å². The van der Waals surface area contributed by atoms with Crippen molar-refractivity contribution in [1.29, 1.82) is 0 Å². The van der Waals surface area contributed by atoms with Crippen molar-refractivity contribution in [2.24, 2.45) is 5.92 Å². The Balaban J connectivity index is 1.46. The molecule has 1 unspecified atom stereocenters. The van der Waals surface area contributed by atoms with Crippen LogP contribution >= 0.6 is 0 Å². The van der Waals surface area contributed by atoms with Gasteiger partial charge in [-0.05, 0) is 61.4 Å². The first kappa shape index (κ1) is 36.5. The molecule has 5 N–H and O–H groups in total. The minimum absolute atomic E-state index is 0.0473. The van der Waals surface area contributed by atoms with Crippen molar-refractivity contribution in [3.8, 4) is 0 Å². The summed E-state index contributed by atoms with van der Waals surface area (Å²) in [6.07, 6.45) is 2.45. The number of alkyl carbamates (subject to hydrolysis) is 1. The topological polar surface area (TPSA) is 155 Å². The van der Waals surface area contributed by atoms with Crippen molar-refractivity contribution in [3.05, 3.63) is 131 Å². The third-order valence-corrected chi connectivity index (χ3v) is 7.97. The number of nitrogens with zero attached hydrogens (tertiary/aromatic N) is 2. The summed E-state index contributed by atoms with van der Waals surface area (Å²) in [5.74, 6) is -0.679. The number of ether oxygens (including phenoxy) is 1. The number of aliphatic hydroxyl groups excluding tert-OH is 1. The molecule has 2 heterocycles. The van der Waals surface area contributed by atoms with E-state index in [1.807, 2.05) is 106 Å². The average molecular weight is 667 g/mol. The lowest BCUT2D eigenvalue weighted by Crippen LogP contribution is -2.57. The maximum atomic E-state index is 13.7. The summed E-state index contributed by atoms with van der Waals surface area (Å²) >= 11 is 0. The molecule has 0 aliphatic heterocycles. The molecule has 0 saturated carbocycles. The zero-order chi connectivity index (χ0) is 35.0. The Morgan fingerprint density at radius 2 is 1.47 bits per heavy atom. The van der Waals surface area contributed by atoms with E-state index in [9.17, 15) is 19.5 Å². The van der Waals surface area contributed by atoms with E-state index in [0.29, 0.717) is 18.5 Å². The Bertz CT molecular complexity index is 1610. The number of benzene rings is 2. The molecule has 0 saturated heterocycles. The largest absolute Gasteiger partial charge is 0.445 e. The predicted octanol–water partition coefficient (Wildman–Crippen LogP) is 4.63. The number of pyridine rings is 2. The van der Waals surface area contributed by atoms with Crippen LogP contribution in [0.1, 0.15) is 48.3 Å². The fourth-order valence-corrected chi connectivity index (χ4v) is 5.41. The molecule has 0 aliphatic carbocycles. The van der Waals surface area contributed by atoms with Crippen LogP contribution in [0.4, 0.5) is 9.59 Å². The number of nitrogens with one attached hydrogen (secondary N) is 4. The molecule has 2 aromatic heterocycles. The van der Waals surface area contributed by atoms with E-state index < -0.39 is 42.3 Å². The third-order valence-electron chi connectivity index (χ3n) is 7.97. The van der Waals surface area contributed by atoms with Crippen LogP contribution in [0.3, 0.4) is 0 Å². The van der Waals surface area contributed by atoms with Crippen molar-refractivity contribution in [2.75, 3.05) is 0 Å². The Kier molecular flexibility index (Phi) is 14.1. The summed E-state index contributed by atoms with van der Waals surface area (Å²) in [5, 5.41) is 23.2. The molecular formula is C38H46N6O5. The van der Waals surface area contributed by atoms with Gasteiger partial charge in [0.05, 0.1) is 24.4 Å². The number of hydrogen-bond donors (Lipinski definition) is 5. The first-order valence-electron chi connectivity index (χ1n) is 16.5. The maximum absolute atomic E-state index is 13.7. The van der Waals surface area contributed by atoms with Gasteiger partial charge in [0.1, 0.15) is 12.6 Å². The van der Waals surface area contributed by atoms with E-state index in [1.165, 1.54) is 0 Å². The van der Waals surface area contributed by atoms with Crippen LogP contribution in [0.2, 0.25) is 0 Å². The van der Waals surface area contributed by atoms with Gasteiger partial charge in [0, 0.05) is 29.7 Å². The first-order valence-corrected chi connectivity index (χ1v) is 16.5. The standard InChI is InChI=1S/C38H46N6O5/c1-26(2)35(44-37(47)40-24-31-18-10-12-27(3)41-31)36(46)43-33(21-29-15-8-5-9-16-29)34(45)22-32(20-28-13-6-4-7-14-28)42-38(48)49-25-30-17-11-19-39-23-30/h4-19,23,26,32-35,45H,20-22,24-25H2,1-3H3,(H,42,48)(H,43,46)(H2,40,44,47)/t32-,33-,34-,35?/m0/s1. The summed E-state index contributed by atoms with van der Waals surface area (Å²) in [7, 11) is 0. The molecule has 0 fully saturated rings. The monoisotopic (exact) mass is 666 g/mol. The number of aliphatic hydroxyl groups is 1. The highest BCUT2D eigenvalue weighted by atomic mass is 16.5. The highest BCUT2D eigenvalue weighted by molar-refractivity contribution is 5.87. The fraction of sp³-hybridized carbons (Fsp3) is 0.342. The zero-order valence-electron chi connectivity index (χ0n) is 28.2. The first-order chi connectivity index (χ1) is 23.7. The molecule has 11 nitrogen and oxygen atoms in total. The van der Waals surface area contributed by atoms with E-state index in [1.54, 1.807) is 18.5 Å². The summed E-state index contributed by atoms with van der Waals surface area (Å²) in [6, 6.07) is 25.7. The lowest BCUT2D eigenvalue weighted by Gasteiger charge is -2.30. The van der Waals surface area contributed by atoms with Gasteiger partial charge in [-0.1, -0.05) is 86.6 Å². The van der Waals surface area contributed by atoms with E-state index >= 15 is 0 Å². The highest BCUT2D eigenvalue weighted by Crippen LogP contribution is 2.15. The Hall–Kier alpha value is -5.29. The van der Waals surface area contributed by atoms with Gasteiger partial charge < -0.3 is 31.1 Å². The van der Waals surface area contributed by atoms with Crippen molar-refractivity contribution >= 4 is 18.0 Å². The summed E-state index contributed by atoms with van der Waals surface area (Å²) < 4.78 is 5.46. The molecule has 258 valence electrons. The SMILES string of the molecule is Cc1cccc(CNC(=O)NC(C(=O)N[C@@H](Cc2ccccc2)[C@@H](O)C[C@H](Cc2ccccc2)NC(=O)OCc2cccnc2)C(C)C)n1. The number of amides is 4. The van der Waals surface area contributed by atoms with Gasteiger partial charge in [-0.15, -0.1) is 0 Å². The smallest absolute Gasteiger partial charge is 0.407 e.